The Balaban J connectivity index is 1.69. The van der Waals surface area contributed by atoms with Crippen LogP contribution in [0.4, 0.5) is 15.3 Å². The maximum Gasteiger partial charge on any atom is 0.414 e. The molecule has 1 saturated heterocycles. The molecule has 134 valence electrons. The molecule has 1 aromatic rings. The Morgan fingerprint density at radius 3 is 2.96 bits per heavy atom. The number of anilines is 1. The lowest BCUT2D eigenvalue weighted by molar-refractivity contribution is 0.118. The number of cyclic esters (lactones) is 1. The third-order valence-corrected chi connectivity index (χ3v) is 4.54. The number of nitrogens with one attached hydrogen (secondary N) is 1. The van der Waals surface area contributed by atoms with E-state index in [1.165, 1.54) is 7.11 Å². The van der Waals surface area contributed by atoms with Crippen LogP contribution >= 0.6 is 12.2 Å². The van der Waals surface area contributed by atoms with Crippen molar-refractivity contribution in [3.05, 3.63) is 29.3 Å². The van der Waals surface area contributed by atoms with Crippen LogP contribution in [-0.2, 0) is 22.4 Å². The molecule has 2 amide bonds. The van der Waals surface area contributed by atoms with E-state index >= 15 is 0 Å². The van der Waals surface area contributed by atoms with E-state index in [1.807, 2.05) is 18.2 Å². The van der Waals surface area contributed by atoms with Gasteiger partial charge in [-0.25, -0.2) is 9.59 Å². The molecule has 1 unspecified atom stereocenters. The van der Waals surface area contributed by atoms with Gasteiger partial charge in [0, 0.05) is 18.8 Å². The number of amides is 2. The van der Waals surface area contributed by atoms with Crippen LogP contribution in [0.25, 0.3) is 0 Å². The maximum absolute atomic E-state index is 12.2. The van der Waals surface area contributed by atoms with E-state index < -0.39 is 0 Å². The van der Waals surface area contributed by atoms with E-state index in [9.17, 15) is 9.59 Å². The topological polar surface area (TPSA) is 71.1 Å². The van der Waals surface area contributed by atoms with Gasteiger partial charge in [0.1, 0.15) is 6.10 Å². The highest BCUT2D eigenvalue weighted by atomic mass is 32.1. The highest BCUT2D eigenvalue weighted by Gasteiger charge is 2.33. The van der Waals surface area contributed by atoms with E-state index in [2.05, 4.69) is 5.32 Å². The molecule has 0 radical (unpaired) electrons. The van der Waals surface area contributed by atoms with E-state index in [0.29, 0.717) is 31.2 Å². The molecule has 7 nitrogen and oxygen atoms in total. The lowest BCUT2D eigenvalue weighted by atomic mass is 9.99. The second kappa shape index (κ2) is 7.26. The zero-order valence-corrected chi connectivity index (χ0v) is 15.1. The highest BCUT2D eigenvalue weighted by molar-refractivity contribution is 7.80. The van der Waals surface area contributed by atoms with Crippen molar-refractivity contribution >= 4 is 35.1 Å². The first-order valence-electron chi connectivity index (χ1n) is 8.15. The molecule has 1 aromatic carbocycles. The quantitative estimate of drug-likeness (QED) is 0.829. The summed E-state index contributed by atoms with van der Waals surface area (Å²) in [6.07, 6.45) is -0.157. The number of thiocarbonyl (C=S) groups is 1. The third kappa shape index (κ3) is 3.84. The molecule has 3 rings (SSSR count). The number of ether oxygens (including phenoxy) is 2. The van der Waals surface area contributed by atoms with Crippen molar-refractivity contribution in [2.24, 2.45) is 0 Å². The van der Waals surface area contributed by atoms with Crippen LogP contribution < -0.4 is 10.2 Å². The smallest absolute Gasteiger partial charge is 0.414 e. The number of fused-ring (bicyclic) bond motifs is 1. The van der Waals surface area contributed by atoms with Crippen molar-refractivity contribution in [3.8, 4) is 0 Å². The van der Waals surface area contributed by atoms with Gasteiger partial charge < -0.3 is 19.7 Å². The monoisotopic (exact) mass is 363 g/mol. The number of rotatable bonds is 3. The van der Waals surface area contributed by atoms with Crippen molar-refractivity contribution in [2.75, 3.05) is 31.6 Å². The first-order chi connectivity index (χ1) is 12.0. The van der Waals surface area contributed by atoms with Crippen LogP contribution in [0.3, 0.4) is 0 Å². The molecule has 0 saturated carbocycles. The van der Waals surface area contributed by atoms with E-state index in [1.54, 1.807) is 16.7 Å². The Labute approximate surface area is 151 Å². The minimum Gasteiger partial charge on any atom is -0.453 e. The van der Waals surface area contributed by atoms with Gasteiger partial charge in [-0.3, -0.25) is 4.90 Å². The number of methoxy groups -OCH3 is 1. The lowest BCUT2D eigenvalue weighted by Gasteiger charge is -2.28. The van der Waals surface area contributed by atoms with Gasteiger partial charge in [0.05, 0.1) is 25.2 Å². The second-order valence-electron chi connectivity index (χ2n) is 6.15. The fraction of sp³-hybridized carbons (Fsp3) is 0.471. The molecule has 2 aliphatic rings. The van der Waals surface area contributed by atoms with Crippen molar-refractivity contribution in [3.63, 3.8) is 0 Å². The molecular weight excluding hydrogens is 342 g/mol. The van der Waals surface area contributed by atoms with E-state index in [-0.39, 0.29) is 18.3 Å². The molecule has 0 bridgehead atoms. The highest BCUT2D eigenvalue weighted by Crippen LogP contribution is 2.27. The predicted molar refractivity (Wildman–Crippen MR) is 96.9 cm³/mol. The van der Waals surface area contributed by atoms with Gasteiger partial charge in [0.2, 0.25) is 0 Å². The van der Waals surface area contributed by atoms with Crippen LogP contribution in [0.5, 0.6) is 0 Å². The van der Waals surface area contributed by atoms with Crippen molar-refractivity contribution in [1.82, 2.24) is 10.2 Å². The van der Waals surface area contributed by atoms with E-state index in [4.69, 9.17) is 21.7 Å². The predicted octanol–water partition coefficient (Wildman–Crippen LogP) is 2.07. The summed E-state index contributed by atoms with van der Waals surface area (Å²) in [5.74, 6) is 0. The number of hydrogen-bond donors (Lipinski definition) is 1. The molecule has 0 aliphatic carbocycles. The molecule has 0 aromatic heterocycles. The summed E-state index contributed by atoms with van der Waals surface area (Å²) in [6.45, 7) is 3.92. The average molecular weight is 363 g/mol. The van der Waals surface area contributed by atoms with Gasteiger partial charge >= 0.3 is 12.2 Å². The van der Waals surface area contributed by atoms with Crippen LogP contribution in [0.2, 0.25) is 0 Å². The molecule has 2 aliphatic heterocycles. The Morgan fingerprint density at radius 2 is 2.24 bits per heavy atom. The summed E-state index contributed by atoms with van der Waals surface area (Å²) in [6, 6.07) is 5.85. The summed E-state index contributed by atoms with van der Waals surface area (Å²) < 4.78 is 10.2. The van der Waals surface area contributed by atoms with Gasteiger partial charge in [-0.1, -0.05) is 18.3 Å². The average Bonchev–Trinajstić information content (AvgIpc) is 2.99. The van der Waals surface area contributed by atoms with Crippen molar-refractivity contribution in [1.29, 1.82) is 0 Å². The summed E-state index contributed by atoms with van der Waals surface area (Å²) >= 11 is 4.98. The van der Waals surface area contributed by atoms with Crippen LogP contribution in [0.15, 0.2) is 18.2 Å². The summed E-state index contributed by atoms with van der Waals surface area (Å²) in [7, 11) is 1.39. The largest absolute Gasteiger partial charge is 0.453 e. The third-order valence-electron chi connectivity index (χ3n) is 4.40. The molecule has 2 heterocycles. The van der Waals surface area contributed by atoms with E-state index in [0.717, 1.165) is 23.2 Å². The first-order valence-corrected chi connectivity index (χ1v) is 8.56. The molecule has 0 spiro atoms. The minimum absolute atomic E-state index is 0.226. The normalized spacial score (nSPS) is 19.3. The molecule has 1 N–H and O–H groups in total. The second-order valence-corrected chi connectivity index (χ2v) is 6.76. The molecule has 1 fully saturated rings. The number of nitrogens with zero attached hydrogens (tertiary/aromatic N) is 2. The number of carbonyl (C=O) groups excluding carboxylic acids is 2. The minimum atomic E-state index is -0.347. The molecule has 1 atom stereocenters. The Hall–Kier alpha value is -2.35. The SMILES string of the molecule is COC(=O)N1CCc2cc(N3CC(CNC(C)=S)OC3=O)ccc2C1. The Bertz CT molecular complexity index is 709. The number of hydrogen-bond acceptors (Lipinski definition) is 5. The van der Waals surface area contributed by atoms with Crippen LogP contribution in [0.1, 0.15) is 18.1 Å². The van der Waals surface area contributed by atoms with Crippen molar-refractivity contribution < 1.29 is 19.1 Å². The first kappa shape index (κ1) is 17.5. The number of carbonyl (C=O) groups is 2. The van der Waals surface area contributed by atoms with Crippen LogP contribution in [-0.4, -0.2) is 54.9 Å². The Morgan fingerprint density at radius 1 is 1.44 bits per heavy atom. The molecule has 25 heavy (non-hydrogen) atoms. The lowest BCUT2D eigenvalue weighted by Crippen LogP contribution is -2.36. The number of benzene rings is 1. The fourth-order valence-electron chi connectivity index (χ4n) is 3.09. The summed E-state index contributed by atoms with van der Waals surface area (Å²) in [5, 5.41) is 3.03. The van der Waals surface area contributed by atoms with Gasteiger partial charge in [-0.05, 0) is 36.6 Å². The zero-order valence-electron chi connectivity index (χ0n) is 14.3. The van der Waals surface area contributed by atoms with Gasteiger partial charge in [0.15, 0.2) is 0 Å². The van der Waals surface area contributed by atoms with Crippen LogP contribution in [0, 0.1) is 0 Å². The fourth-order valence-corrected chi connectivity index (χ4v) is 3.17. The van der Waals surface area contributed by atoms with Crippen molar-refractivity contribution in [2.45, 2.75) is 26.0 Å². The maximum atomic E-state index is 12.2. The van der Waals surface area contributed by atoms with Gasteiger partial charge in [-0.2, -0.15) is 0 Å². The molecule has 8 heteroatoms. The van der Waals surface area contributed by atoms with Gasteiger partial charge in [-0.15, -0.1) is 0 Å². The molecular formula is C17H21N3O4S. The summed E-state index contributed by atoms with van der Waals surface area (Å²) in [5.41, 5.74) is 3.03. The summed E-state index contributed by atoms with van der Waals surface area (Å²) in [4.78, 5) is 27.8. The standard InChI is InChI=1S/C17H21N3O4S/c1-11(25)18-8-15-10-20(17(22)24-15)14-4-3-13-9-19(16(21)23-2)6-5-12(13)7-14/h3-4,7,15H,5-6,8-10H2,1-2H3,(H,18,25). The Kier molecular flexibility index (Phi) is 5.08. The zero-order chi connectivity index (χ0) is 18.0. The van der Waals surface area contributed by atoms with Gasteiger partial charge in [0.25, 0.3) is 0 Å².